The van der Waals surface area contributed by atoms with Gasteiger partial charge in [-0.15, -0.1) is 0 Å². The highest BCUT2D eigenvalue weighted by atomic mass is 16.5. The maximum atomic E-state index is 5.03. The highest BCUT2D eigenvalue weighted by molar-refractivity contribution is 4.74. The maximum absolute atomic E-state index is 5.03. The van der Waals surface area contributed by atoms with Crippen molar-refractivity contribution in [3.8, 4) is 0 Å². The van der Waals surface area contributed by atoms with Crippen molar-refractivity contribution in [2.24, 2.45) is 5.92 Å². The van der Waals surface area contributed by atoms with Crippen LogP contribution in [0.4, 0.5) is 0 Å². The molecule has 0 saturated heterocycles. The van der Waals surface area contributed by atoms with Crippen molar-refractivity contribution in [3.05, 3.63) is 0 Å². The standard InChI is InChI=1S/C13H27NO/c1-12-6-8-13(9-7-12)14-10-4-3-5-11-15-2/h12-14H,3-11H2,1-2H3. The summed E-state index contributed by atoms with van der Waals surface area (Å²) in [5, 5.41) is 3.68. The van der Waals surface area contributed by atoms with Crippen LogP contribution in [0.25, 0.3) is 0 Å². The summed E-state index contributed by atoms with van der Waals surface area (Å²) in [4.78, 5) is 0. The molecule has 1 fully saturated rings. The van der Waals surface area contributed by atoms with Crippen molar-refractivity contribution >= 4 is 0 Å². The monoisotopic (exact) mass is 213 g/mol. The molecule has 0 aromatic carbocycles. The minimum atomic E-state index is 0.809. The molecule has 90 valence electrons. The summed E-state index contributed by atoms with van der Waals surface area (Å²) in [7, 11) is 1.78. The fourth-order valence-electron chi connectivity index (χ4n) is 2.32. The van der Waals surface area contributed by atoms with E-state index in [0.29, 0.717) is 0 Å². The van der Waals surface area contributed by atoms with Crippen molar-refractivity contribution in [3.63, 3.8) is 0 Å². The van der Waals surface area contributed by atoms with Gasteiger partial charge in [0.25, 0.3) is 0 Å². The number of rotatable bonds is 7. The average molecular weight is 213 g/mol. The molecule has 2 nitrogen and oxygen atoms in total. The molecule has 0 spiro atoms. The number of methoxy groups -OCH3 is 1. The Morgan fingerprint density at radius 3 is 2.47 bits per heavy atom. The first kappa shape index (κ1) is 13.0. The Bertz CT molecular complexity index is 141. The summed E-state index contributed by atoms with van der Waals surface area (Å²) in [6, 6.07) is 0.809. The summed E-state index contributed by atoms with van der Waals surface area (Å²) >= 11 is 0. The van der Waals surface area contributed by atoms with Gasteiger partial charge in [0.2, 0.25) is 0 Å². The third kappa shape index (κ3) is 6.16. The van der Waals surface area contributed by atoms with Gasteiger partial charge in [0.05, 0.1) is 0 Å². The molecule has 0 radical (unpaired) electrons. The van der Waals surface area contributed by atoms with Crippen LogP contribution in [0, 0.1) is 5.92 Å². The molecule has 0 unspecified atom stereocenters. The van der Waals surface area contributed by atoms with Crippen LogP contribution < -0.4 is 5.32 Å². The molecule has 0 bridgehead atoms. The van der Waals surface area contributed by atoms with E-state index in [1.54, 1.807) is 7.11 Å². The Hall–Kier alpha value is -0.0800. The van der Waals surface area contributed by atoms with Gasteiger partial charge in [-0.3, -0.25) is 0 Å². The van der Waals surface area contributed by atoms with Crippen molar-refractivity contribution < 1.29 is 4.74 Å². The van der Waals surface area contributed by atoms with Crippen LogP contribution in [0.3, 0.4) is 0 Å². The van der Waals surface area contributed by atoms with Gasteiger partial charge in [0, 0.05) is 19.8 Å². The van der Waals surface area contributed by atoms with Gasteiger partial charge in [-0.1, -0.05) is 6.92 Å². The molecule has 1 N–H and O–H groups in total. The SMILES string of the molecule is COCCCCCNC1CCC(C)CC1. The van der Waals surface area contributed by atoms with E-state index in [9.17, 15) is 0 Å². The average Bonchev–Trinajstić information content (AvgIpc) is 2.26. The first-order valence-electron chi connectivity index (χ1n) is 6.55. The zero-order chi connectivity index (χ0) is 10.9. The molecule has 0 aromatic rings. The summed E-state index contributed by atoms with van der Waals surface area (Å²) in [6.45, 7) is 4.49. The lowest BCUT2D eigenvalue weighted by Gasteiger charge is -2.27. The van der Waals surface area contributed by atoms with Crippen LogP contribution in [0.15, 0.2) is 0 Å². The van der Waals surface area contributed by atoms with Gasteiger partial charge in [0.1, 0.15) is 0 Å². The third-order valence-corrected chi connectivity index (χ3v) is 3.47. The largest absolute Gasteiger partial charge is 0.385 e. The lowest BCUT2D eigenvalue weighted by molar-refractivity contribution is 0.192. The van der Waals surface area contributed by atoms with Crippen LogP contribution in [0.2, 0.25) is 0 Å². The smallest absolute Gasteiger partial charge is 0.0462 e. The fraction of sp³-hybridized carbons (Fsp3) is 1.00. The number of unbranched alkanes of at least 4 members (excludes halogenated alkanes) is 2. The van der Waals surface area contributed by atoms with E-state index in [2.05, 4.69) is 12.2 Å². The third-order valence-electron chi connectivity index (χ3n) is 3.47. The van der Waals surface area contributed by atoms with Crippen LogP contribution in [0.1, 0.15) is 51.9 Å². The second-order valence-corrected chi connectivity index (χ2v) is 4.96. The van der Waals surface area contributed by atoms with E-state index in [1.165, 1.54) is 51.5 Å². The van der Waals surface area contributed by atoms with Crippen LogP contribution in [-0.2, 0) is 4.74 Å². The van der Waals surface area contributed by atoms with Crippen molar-refractivity contribution in [1.29, 1.82) is 0 Å². The van der Waals surface area contributed by atoms with Gasteiger partial charge in [-0.2, -0.15) is 0 Å². The van der Waals surface area contributed by atoms with Gasteiger partial charge in [-0.25, -0.2) is 0 Å². The Morgan fingerprint density at radius 2 is 1.80 bits per heavy atom. The lowest BCUT2D eigenvalue weighted by Crippen LogP contribution is -2.33. The topological polar surface area (TPSA) is 21.3 Å². The minimum Gasteiger partial charge on any atom is -0.385 e. The number of ether oxygens (including phenoxy) is 1. The molecule has 1 aliphatic carbocycles. The van der Waals surface area contributed by atoms with E-state index in [-0.39, 0.29) is 0 Å². The summed E-state index contributed by atoms with van der Waals surface area (Å²) in [6.07, 6.45) is 9.42. The fourth-order valence-corrected chi connectivity index (χ4v) is 2.32. The number of hydrogen-bond donors (Lipinski definition) is 1. The summed E-state index contributed by atoms with van der Waals surface area (Å²) in [5.41, 5.74) is 0. The predicted octanol–water partition coefficient (Wildman–Crippen LogP) is 2.97. The molecule has 15 heavy (non-hydrogen) atoms. The molecule has 0 aliphatic heterocycles. The summed E-state index contributed by atoms with van der Waals surface area (Å²) < 4.78 is 5.03. The van der Waals surface area contributed by atoms with E-state index in [4.69, 9.17) is 4.74 Å². The van der Waals surface area contributed by atoms with E-state index >= 15 is 0 Å². The van der Waals surface area contributed by atoms with E-state index in [1.807, 2.05) is 0 Å². The molecule has 0 atom stereocenters. The molecule has 1 saturated carbocycles. The molecular formula is C13H27NO. The predicted molar refractivity (Wildman–Crippen MR) is 65.1 cm³/mol. The van der Waals surface area contributed by atoms with Gasteiger partial charge < -0.3 is 10.1 Å². The molecule has 1 aliphatic rings. The normalized spacial score (nSPS) is 26.8. The zero-order valence-corrected chi connectivity index (χ0v) is 10.4. The van der Waals surface area contributed by atoms with Gasteiger partial charge in [0.15, 0.2) is 0 Å². The number of hydrogen-bond acceptors (Lipinski definition) is 2. The van der Waals surface area contributed by atoms with Crippen LogP contribution in [0.5, 0.6) is 0 Å². The Balaban J connectivity index is 1.87. The van der Waals surface area contributed by atoms with Gasteiger partial charge in [-0.05, 0) is 57.4 Å². The molecule has 0 heterocycles. The quantitative estimate of drug-likeness (QED) is 0.656. The zero-order valence-electron chi connectivity index (χ0n) is 10.4. The molecule has 0 amide bonds. The highest BCUT2D eigenvalue weighted by Gasteiger charge is 2.16. The van der Waals surface area contributed by atoms with Crippen LogP contribution in [-0.4, -0.2) is 26.3 Å². The Morgan fingerprint density at radius 1 is 1.07 bits per heavy atom. The van der Waals surface area contributed by atoms with Crippen molar-refractivity contribution in [2.75, 3.05) is 20.3 Å². The minimum absolute atomic E-state index is 0.809. The second kappa shape index (κ2) is 8.12. The molecule has 2 heteroatoms. The molecular weight excluding hydrogens is 186 g/mol. The first-order chi connectivity index (χ1) is 7.33. The number of nitrogens with one attached hydrogen (secondary N) is 1. The summed E-state index contributed by atoms with van der Waals surface area (Å²) in [5.74, 6) is 0.963. The first-order valence-corrected chi connectivity index (χ1v) is 6.55. The van der Waals surface area contributed by atoms with E-state index in [0.717, 1.165) is 18.6 Å². The Kier molecular flexibility index (Phi) is 7.03. The van der Waals surface area contributed by atoms with Crippen LogP contribution >= 0.6 is 0 Å². The maximum Gasteiger partial charge on any atom is 0.0462 e. The van der Waals surface area contributed by atoms with E-state index < -0.39 is 0 Å². The van der Waals surface area contributed by atoms with Gasteiger partial charge >= 0.3 is 0 Å². The molecule has 0 aromatic heterocycles. The second-order valence-electron chi connectivity index (χ2n) is 4.96. The molecule has 1 rings (SSSR count). The van der Waals surface area contributed by atoms with Crippen molar-refractivity contribution in [2.45, 2.75) is 57.9 Å². The Labute approximate surface area is 94.8 Å². The lowest BCUT2D eigenvalue weighted by atomic mass is 9.87. The highest BCUT2D eigenvalue weighted by Crippen LogP contribution is 2.23. The van der Waals surface area contributed by atoms with Crippen molar-refractivity contribution in [1.82, 2.24) is 5.32 Å².